The molecule has 0 bridgehead atoms. The average Bonchev–Trinajstić information content (AvgIpc) is 3.08. The number of aromatic nitrogens is 3. The molecule has 3 N–H and O–H groups in total. The van der Waals surface area contributed by atoms with Crippen molar-refractivity contribution in [2.75, 3.05) is 11.2 Å². The van der Waals surface area contributed by atoms with Gasteiger partial charge in [-0.2, -0.15) is 0 Å². The highest BCUT2D eigenvalue weighted by Crippen LogP contribution is 2.27. The second kappa shape index (κ2) is 7.92. The summed E-state index contributed by atoms with van der Waals surface area (Å²) in [5, 5.41) is 12.9. The van der Waals surface area contributed by atoms with Gasteiger partial charge in [-0.15, -0.1) is 10.2 Å². The molecule has 0 saturated heterocycles. The molecular weight excluding hydrogens is 389 g/mol. The van der Waals surface area contributed by atoms with E-state index >= 15 is 0 Å². The predicted octanol–water partition coefficient (Wildman–Crippen LogP) is 4.07. The number of carbonyl (C=O) groups is 1. The van der Waals surface area contributed by atoms with Gasteiger partial charge in [0, 0.05) is 5.69 Å². The zero-order valence-corrected chi connectivity index (χ0v) is 16.4. The van der Waals surface area contributed by atoms with Gasteiger partial charge in [0.25, 0.3) is 0 Å². The van der Waals surface area contributed by atoms with Crippen molar-refractivity contribution in [3.63, 3.8) is 0 Å². The lowest BCUT2D eigenvalue weighted by Gasteiger charge is -2.12. The average molecular weight is 407 g/mol. The molecule has 1 heterocycles. The standard InChI is InChI=1S/C21H18FN5OS/c1-13(20(28)24-16-11-10-14-6-2-3-7-15(14)12-16)29-21-26-25-19(27(21)23)17-8-4-5-9-18(17)22/h2-13H,23H2,1H3,(H,24,28)/t13-/m1/s1. The monoisotopic (exact) mass is 407 g/mol. The van der Waals surface area contributed by atoms with E-state index in [4.69, 9.17) is 5.84 Å². The van der Waals surface area contributed by atoms with Crippen molar-refractivity contribution in [3.05, 3.63) is 72.5 Å². The summed E-state index contributed by atoms with van der Waals surface area (Å²) < 4.78 is 15.2. The molecule has 0 aliphatic heterocycles. The summed E-state index contributed by atoms with van der Waals surface area (Å²) in [4.78, 5) is 12.6. The van der Waals surface area contributed by atoms with Gasteiger partial charge in [-0.25, -0.2) is 9.07 Å². The maximum Gasteiger partial charge on any atom is 0.237 e. The molecule has 4 rings (SSSR count). The highest BCUT2D eigenvalue weighted by Gasteiger charge is 2.21. The summed E-state index contributed by atoms with van der Waals surface area (Å²) in [5.74, 6) is 5.61. The van der Waals surface area contributed by atoms with Gasteiger partial charge in [0.15, 0.2) is 5.82 Å². The Bertz CT molecular complexity index is 1190. The molecule has 0 saturated carbocycles. The van der Waals surface area contributed by atoms with Gasteiger partial charge in [0.2, 0.25) is 11.1 Å². The minimum absolute atomic E-state index is 0.194. The third kappa shape index (κ3) is 3.93. The number of anilines is 1. The van der Waals surface area contributed by atoms with E-state index in [9.17, 15) is 9.18 Å². The van der Waals surface area contributed by atoms with E-state index in [0.717, 1.165) is 22.5 Å². The van der Waals surface area contributed by atoms with Crippen LogP contribution in [-0.2, 0) is 4.79 Å². The van der Waals surface area contributed by atoms with Crippen molar-refractivity contribution in [1.82, 2.24) is 14.9 Å². The van der Waals surface area contributed by atoms with Crippen LogP contribution in [0.5, 0.6) is 0 Å². The summed E-state index contributed by atoms with van der Waals surface area (Å²) in [6.07, 6.45) is 0. The number of hydrogen-bond donors (Lipinski definition) is 2. The van der Waals surface area contributed by atoms with Gasteiger partial charge in [0.1, 0.15) is 5.82 Å². The Kier molecular flexibility index (Phi) is 5.18. The van der Waals surface area contributed by atoms with Gasteiger partial charge >= 0.3 is 0 Å². The number of rotatable bonds is 5. The van der Waals surface area contributed by atoms with Crippen molar-refractivity contribution in [3.8, 4) is 11.4 Å². The Morgan fingerprint density at radius 1 is 1.07 bits per heavy atom. The minimum atomic E-state index is -0.485. The van der Waals surface area contributed by atoms with Crippen LogP contribution in [0.15, 0.2) is 71.9 Å². The molecule has 3 aromatic carbocycles. The Morgan fingerprint density at radius 3 is 2.59 bits per heavy atom. The van der Waals surface area contributed by atoms with E-state index in [-0.39, 0.29) is 17.3 Å². The minimum Gasteiger partial charge on any atom is -0.335 e. The molecule has 29 heavy (non-hydrogen) atoms. The lowest BCUT2D eigenvalue weighted by atomic mass is 10.1. The van der Waals surface area contributed by atoms with Gasteiger partial charge in [-0.1, -0.05) is 54.2 Å². The molecule has 1 amide bonds. The van der Waals surface area contributed by atoms with Crippen molar-refractivity contribution in [2.24, 2.45) is 0 Å². The zero-order chi connectivity index (χ0) is 20.4. The first-order valence-electron chi connectivity index (χ1n) is 8.94. The number of hydrogen-bond acceptors (Lipinski definition) is 5. The van der Waals surface area contributed by atoms with E-state index in [1.807, 2.05) is 42.5 Å². The Balaban J connectivity index is 1.48. The quantitative estimate of drug-likeness (QED) is 0.385. The summed E-state index contributed by atoms with van der Waals surface area (Å²) in [5.41, 5.74) is 0.963. The van der Waals surface area contributed by atoms with Gasteiger partial charge in [-0.3, -0.25) is 4.79 Å². The second-order valence-electron chi connectivity index (χ2n) is 6.47. The number of nitrogens with zero attached hydrogens (tertiary/aromatic N) is 3. The van der Waals surface area contributed by atoms with Crippen LogP contribution in [0.3, 0.4) is 0 Å². The van der Waals surface area contributed by atoms with Crippen LogP contribution in [0.2, 0.25) is 0 Å². The van der Waals surface area contributed by atoms with Crippen molar-refractivity contribution < 1.29 is 9.18 Å². The molecular formula is C21H18FN5OS. The zero-order valence-electron chi connectivity index (χ0n) is 15.5. The van der Waals surface area contributed by atoms with E-state index in [0.29, 0.717) is 10.8 Å². The SMILES string of the molecule is C[C@@H](Sc1nnc(-c2ccccc2F)n1N)C(=O)Nc1ccc2ccccc2c1. The summed E-state index contributed by atoms with van der Waals surface area (Å²) in [6.45, 7) is 1.75. The summed E-state index contributed by atoms with van der Waals surface area (Å²) in [7, 11) is 0. The fourth-order valence-corrected chi connectivity index (χ4v) is 3.68. The fraction of sp³-hybridized carbons (Fsp3) is 0.0952. The van der Waals surface area contributed by atoms with Gasteiger partial charge < -0.3 is 11.2 Å². The van der Waals surface area contributed by atoms with E-state index < -0.39 is 11.1 Å². The molecule has 0 fully saturated rings. The van der Waals surface area contributed by atoms with Crippen molar-refractivity contribution in [2.45, 2.75) is 17.3 Å². The number of carbonyl (C=O) groups excluding carboxylic acids is 1. The Labute approximate surface area is 170 Å². The van der Waals surface area contributed by atoms with Crippen LogP contribution >= 0.6 is 11.8 Å². The van der Waals surface area contributed by atoms with Crippen LogP contribution in [0, 0.1) is 5.82 Å². The van der Waals surface area contributed by atoms with E-state index in [1.165, 1.54) is 10.7 Å². The predicted molar refractivity (Wildman–Crippen MR) is 113 cm³/mol. The number of fused-ring (bicyclic) bond motifs is 1. The van der Waals surface area contributed by atoms with Crippen LogP contribution in [-0.4, -0.2) is 26.0 Å². The highest BCUT2D eigenvalue weighted by atomic mass is 32.2. The maximum atomic E-state index is 14.0. The topological polar surface area (TPSA) is 85.8 Å². The number of benzene rings is 3. The Morgan fingerprint density at radius 2 is 1.79 bits per heavy atom. The first-order chi connectivity index (χ1) is 14.0. The Hall–Kier alpha value is -3.39. The molecule has 0 aliphatic carbocycles. The molecule has 0 aliphatic rings. The number of amides is 1. The molecule has 0 spiro atoms. The van der Waals surface area contributed by atoms with E-state index in [2.05, 4.69) is 15.5 Å². The molecule has 1 atom stereocenters. The highest BCUT2D eigenvalue weighted by molar-refractivity contribution is 8.00. The van der Waals surface area contributed by atoms with Crippen molar-refractivity contribution >= 4 is 34.1 Å². The number of thioether (sulfide) groups is 1. The molecule has 1 aromatic heterocycles. The molecule has 0 radical (unpaired) electrons. The van der Waals surface area contributed by atoms with Crippen LogP contribution < -0.4 is 11.2 Å². The number of nitrogens with one attached hydrogen (secondary N) is 1. The van der Waals surface area contributed by atoms with E-state index in [1.54, 1.807) is 25.1 Å². The van der Waals surface area contributed by atoms with Crippen LogP contribution in [0.4, 0.5) is 10.1 Å². The first-order valence-corrected chi connectivity index (χ1v) is 9.82. The smallest absolute Gasteiger partial charge is 0.237 e. The van der Waals surface area contributed by atoms with Crippen LogP contribution in [0.25, 0.3) is 22.2 Å². The third-order valence-corrected chi connectivity index (χ3v) is 5.50. The number of nitrogens with two attached hydrogens (primary N) is 1. The summed E-state index contributed by atoms with van der Waals surface area (Å²) in [6, 6.07) is 19.9. The van der Waals surface area contributed by atoms with Gasteiger partial charge in [-0.05, 0) is 42.0 Å². The number of halogens is 1. The molecule has 4 aromatic rings. The first kappa shape index (κ1) is 18.9. The fourth-order valence-electron chi connectivity index (χ4n) is 2.91. The second-order valence-corrected chi connectivity index (χ2v) is 7.78. The van der Waals surface area contributed by atoms with Gasteiger partial charge in [0.05, 0.1) is 10.8 Å². The molecule has 8 heteroatoms. The number of nitrogen functional groups attached to an aromatic ring is 1. The molecule has 146 valence electrons. The largest absolute Gasteiger partial charge is 0.335 e. The lowest BCUT2D eigenvalue weighted by Crippen LogP contribution is -2.23. The molecule has 0 unspecified atom stereocenters. The molecule has 6 nitrogen and oxygen atoms in total. The summed E-state index contributed by atoms with van der Waals surface area (Å²) >= 11 is 1.15. The normalized spacial score (nSPS) is 12.1. The lowest BCUT2D eigenvalue weighted by molar-refractivity contribution is -0.115. The van der Waals surface area contributed by atoms with Crippen LogP contribution in [0.1, 0.15) is 6.92 Å². The van der Waals surface area contributed by atoms with Crippen molar-refractivity contribution in [1.29, 1.82) is 0 Å². The maximum absolute atomic E-state index is 14.0. The third-order valence-electron chi connectivity index (χ3n) is 4.45.